The van der Waals surface area contributed by atoms with E-state index < -0.39 is 5.60 Å². The summed E-state index contributed by atoms with van der Waals surface area (Å²) in [6.07, 6.45) is 2.78. The molecule has 1 aliphatic carbocycles. The molecule has 2 N–H and O–H groups in total. The minimum atomic E-state index is -0.464. The first-order valence-corrected chi connectivity index (χ1v) is 6.06. The molecular formula is C13H14N2O4. The normalized spacial score (nSPS) is 17.1. The minimum Gasteiger partial charge on any atom is -0.508 e. The molecule has 0 unspecified atom stereocenters. The number of aromatic nitrogens is 2. The van der Waals surface area contributed by atoms with Crippen LogP contribution in [-0.2, 0) is 10.3 Å². The average molecular weight is 262 g/mol. The summed E-state index contributed by atoms with van der Waals surface area (Å²) in [6.45, 7) is 0. The highest BCUT2D eigenvalue weighted by Gasteiger charge is 2.43. The summed E-state index contributed by atoms with van der Waals surface area (Å²) < 4.78 is 10.6. The molecule has 0 atom stereocenters. The third-order valence-electron chi connectivity index (χ3n) is 3.60. The van der Waals surface area contributed by atoms with Gasteiger partial charge in [-0.25, -0.2) is 0 Å². The summed E-state index contributed by atoms with van der Waals surface area (Å²) in [7, 11) is 1.63. The van der Waals surface area contributed by atoms with Crippen LogP contribution in [0.5, 0.6) is 11.5 Å². The number of aromatic hydroxyl groups is 2. The van der Waals surface area contributed by atoms with Gasteiger partial charge in [-0.1, -0.05) is 5.16 Å². The summed E-state index contributed by atoms with van der Waals surface area (Å²) in [6, 6.07) is 4.15. The lowest BCUT2D eigenvalue weighted by Gasteiger charge is -2.37. The summed E-state index contributed by atoms with van der Waals surface area (Å²) in [5, 5.41) is 23.1. The first kappa shape index (κ1) is 12.0. The number of ether oxygens (including phenoxy) is 1. The molecule has 0 spiro atoms. The van der Waals surface area contributed by atoms with Crippen LogP contribution in [-0.4, -0.2) is 27.5 Å². The Bertz CT molecular complexity index is 599. The van der Waals surface area contributed by atoms with E-state index in [0.717, 1.165) is 19.3 Å². The van der Waals surface area contributed by atoms with Gasteiger partial charge in [-0.15, -0.1) is 0 Å². The van der Waals surface area contributed by atoms with Crippen molar-refractivity contribution in [1.29, 1.82) is 0 Å². The van der Waals surface area contributed by atoms with E-state index in [4.69, 9.17) is 9.26 Å². The molecule has 3 rings (SSSR count). The molecule has 0 radical (unpaired) electrons. The maximum Gasteiger partial charge on any atom is 0.261 e. The molecule has 1 aromatic carbocycles. The van der Waals surface area contributed by atoms with E-state index in [1.54, 1.807) is 7.11 Å². The molecule has 0 amide bonds. The number of rotatable bonds is 3. The van der Waals surface area contributed by atoms with Gasteiger partial charge in [0.05, 0.1) is 5.56 Å². The fraction of sp³-hybridized carbons (Fsp3) is 0.385. The fourth-order valence-electron chi connectivity index (χ4n) is 2.23. The lowest BCUT2D eigenvalue weighted by molar-refractivity contribution is -0.0858. The molecule has 6 nitrogen and oxygen atoms in total. The molecule has 2 aromatic rings. The van der Waals surface area contributed by atoms with Crippen molar-refractivity contribution in [2.75, 3.05) is 7.11 Å². The predicted molar refractivity (Wildman–Crippen MR) is 65.6 cm³/mol. The van der Waals surface area contributed by atoms with Crippen LogP contribution in [0.4, 0.5) is 0 Å². The third kappa shape index (κ3) is 1.84. The molecule has 1 saturated carbocycles. The summed E-state index contributed by atoms with van der Waals surface area (Å²) in [5.41, 5.74) is -0.155. The largest absolute Gasteiger partial charge is 0.508 e. The van der Waals surface area contributed by atoms with E-state index >= 15 is 0 Å². The molecule has 1 aromatic heterocycles. The van der Waals surface area contributed by atoms with Gasteiger partial charge in [-0.3, -0.25) is 0 Å². The lowest BCUT2D eigenvalue weighted by Crippen LogP contribution is -2.37. The number of methoxy groups -OCH3 is 1. The number of hydrogen-bond donors (Lipinski definition) is 2. The molecule has 0 saturated heterocycles. The zero-order valence-corrected chi connectivity index (χ0v) is 10.5. The molecule has 1 aliphatic rings. The Hall–Kier alpha value is -2.08. The number of hydrogen-bond acceptors (Lipinski definition) is 6. The topological polar surface area (TPSA) is 88.6 Å². The molecule has 6 heteroatoms. The Morgan fingerprint density at radius 3 is 2.74 bits per heavy atom. The summed E-state index contributed by atoms with van der Waals surface area (Å²) in [4.78, 5) is 4.27. The number of benzene rings is 1. The highest BCUT2D eigenvalue weighted by molar-refractivity contribution is 5.64. The van der Waals surface area contributed by atoms with Gasteiger partial charge >= 0.3 is 0 Å². The Balaban J connectivity index is 1.99. The molecule has 1 heterocycles. The molecule has 19 heavy (non-hydrogen) atoms. The van der Waals surface area contributed by atoms with E-state index in [0.29, 0.717) is 11.4 Å². The van der Waals surface area contributed by atoms with E-state index in [9.17, 15) is 10.2 Å². The van der Waals surface area contributed by atoms with Crippen LogP contribution in [0.15, 0.2) is 22.7 Å². The zero-order valence-electron chi connectivity index (χ0n) is 10.5. The minimum absolute atomic E-state index is 0.0203. The van der Waals surface area contributed by atoms with E-state index in [2.05, 4.69) is 10.1 Å². The van der Waals surface area contributed by atoms with Crippen LogP contribution in [0.25, 0.3) is 11.5 Å². The van der Waals surface area contributed by atoms with Crippen molar-refractivity contribution < 1.29 is 19.5 Å². The lowest BCUT2D eigenvalue weighted by atomic mass is 9.79. The van der Waals surface area contributed by atoms with Gasteiger partial charge in [0.1, 0.15) is 17.1 Å². The second-order valence-electron chi connectivity index (χ2n) is 4.68. The standard InChI is InChI=1S/C13H14N2O4/c1-18-13(5-2-6-13)12-14-11(19-15-12)9-7-8(16)3-4-10(9)17/h3-4,7,16-17H,2,5-6H2,1H3. The quantitative estimate of drug-likeness (QED) is 0.824. The van der Waals surface area contributed by atoms with Gasteiger partial charge in [0.25, 0.3) is 5.89 Å². The Morgan fingerprint density at radius 1 is 1.32 bits per heavy atom. The van der Waals surface area contributed by atoms with Crippen molar-refractivity contribution in [1.82, 2.24) is 10.1 Å². The van der Waals surface area contributed by atoms with Crippen molar-refractivity contribution in [3.8, 4) is 23.0 Å². The van der Waals surface area contributed by atoms with Crippen molar-refractivity contribution in [2.45, 2.75) is 24.9 Å². The Morgan fingerprint density at radius 2 is 2.11 bits per heavy atom. The van der Waals surface area contributed by atoms with Gasteiger partial charge in [-0.05, 0) is 37.5 Å². The van der Waals surface area contributed by atoms with Crippen LogP contribution in [0.1, 0.15) is 25.1 Å². The maximum atomic E-state index is 9.76. The molecule has 100 valence electrons. The zero-order chi connectivity index (χ0) is 13.5. The van der Waals surface area contributed by atoms with Gasteiger partial charge in [0, 0.05) is 7.11 Å². The van der Waals surface area contributed by atoms with E-state index in [1.807, 2.05) is 0 Å². The average Bonchev–Trinajstić information content (AvgIpc) is 2.81. The first-order chi connectivity index (χ1) is 9.14. The summed E-state index contributed by atoms with van der Waals surface area (Å²) in [5.74, 6) is 0.663. The van der Waals surface area contributed by atoms with E-state index in [1.165, 1.54) is 18.2 Å². The number of phenolic OH excluding ortho intramolecular Hbond substituents is 2. The van der Waals surface area contributed by atoms with Crippen LogP contribution < -0.4 is 0 Å². The SMILES string of the molecule is COC1(c2noc(-c3cc(O)ccc3O)n2)CCC1. The second kappa shape index (κ2) is 4.24. The first-order valence-electron chi connectivity index (χ1n) is 6.06. The van der Waals surface area contributed by atoms with Crippen LogP contribution in [0, 0.1) is 0 Å². The van der Waals surface area contributed by atoms with E-state index in [-0.39, 0.29) is 17.4 Å². The molecule has 0 bridgehead atoms. The Labute approximate surface area is 109 Å². The fourth-order valence-corrected chi connectivity index (χ4v) is 2.23. The van der Waals surface area contributed by atoms with Crippen molar-refractivity contribution in [3.05, 3.63) is 24.0 Å². The van der Waals surface area contributed by atoms with Gasteiger partial charge < -0.3 is 19.5 Å². The summed E-state index contributed by atoms with van der Waals surface area (Å²) >= 11 is 0. The molecule has 1 fully saturated rings. The van der Waals surface area contributed by atoms with Crippen LogP contribution in [0.2, 0.25) is 0 Å². The maximum absolute atomic E-state index is 9.76. The highest BCUT2D eigenvalue weighted by atomic mass is 16.5. The molecule has 0 aliphatic heterocycles. The predicted octanol–water partition coefficient (Wildman–Crippen LogP) is 2.17. The van der Waals surface area contributed by atoms with Gasteiger partial charge in [0.2, 0.25) is 5.82 Å². The van der Waals surface area contributed by atoms with Crippen molar-refractivity contribution >= 4 is 0 Å². The smallest absolute Gasteiger partial charge is 0.261 e. The number of phenols is 2. The molecular weight excluding hydrogens is 248 g/mol. The van der Waals surface area contributed by atoms with Crippen LogP contribution >= 0.6 is 0 Å². The number of nitrogens with zero attached hydrogens (tertiary/aromatic N) is 2. The van der Waals surface area contributed by atoms with Crippen molar-refractivity contribution in [3.63, 3.8) is 0 Å². The highest BCUT2D eigenvalue weighted by Crippen LogP contribution is 2.43. The van der Waals surface area contributed by atoms with Crippen LogP contribution in [0.3, 0.4) is 0 Å². The van der Waals surface area contributed by atoms with Crippen molar-refractivity contribution in [2.24, 2.45) is 0 Å². The second-order valence-corrected chi connectivity index (χ2v) is 4.68. The van der Waals surface area contributed by atoms with Gasteiger partial charge in [-0.2, -0.15) is 4.98 Å². The monoisotopic (exact) mass is 262 g/mol. The third-order valence-corrected chi connectivity index (χ3v) is 3.60. The van der Waals surface area contributed by atoms with Gasteiger partial charge in [0.15, 0.2) is 0 Å². The Kier molecular flexibility index (Phi) is 2.67.